The number of hydrogen-bond acceptors (Lipinski definition) is 44. The molecule has 5 heterocycles. The van der Waals surface area contributed by atoms with E-state index < -0.39 is 344 Å². The lowest BCUT2D eigenvalue weighted by atomic mass is 9.91. The highest BCUT2D eigenvalue weighted by Crippen LogP contribution is 2.59. The molecule has 2 fully saturated rings. The van der Waals surface area contributed by atoms with E-state index in [0.29, 0.717) is 36.4 Å². The van der Waals surface area contributed by atoms with E-state index in [1.54, 1.807) is 0 Å². The summed E-state index contributed by atoms with van der Waals surface area (Å²) in [5.41, 5.74) is -17.0. The molecule has 0 amide bonds. The average Bonchev–Trinajstić information content (AvgIpc) is 0.941. The Labute approximate surface area is 614 Å². The van der Waals surface area contributed by atoms with Gasteiger partial charge in [-0.05, 0) is 42.5 Å². The number of cyclic esters (lactones) is 2. The molecule has 0 bridgehead atoms. The third-order valence-electron chi connectivity index (χ3n) is 18.0. The molecule has 25 N–H and O–H groups in total. The maximum atomic E-state index is 15.0. The summed E-state index contributed by atoms with van der Waals surface area (Å²) in [5, 5.41) is 275. The van der Waals surface area contributed by atoms with Crippen LogP contribution in [0.2, 0.25) is 0 Å². The van der Waals surface area contributed by atoms with Gasteiger partial charge >= 0.3 is 47.8 Å². The molecule has 2 saturated heterocycles. The molecule has 13 rings (SSSR count). The SMILES string of the molecule is O=C(O[C@H]1[C@@H]2OC(=O)c3cc(O)c(O)c(O)c3-c3c(cc(O)c(O)c3O)C(=O)OC[C@H]2OC(O)[C@@H]1OC(=O)c1cc(O)c(O)c(O)c1Oc1cc2c(c(O)c1O)-c1c(cc(O)c(O)c1O)C(=O)O[C@H]1[C@@H]3OC(=O)c4cc(O)c(O)c(O)c4-c4c(cc(O)c(O)c4O)C(=O)O[C@H]3C(O)O[C@@H]1COC2=O)c1cc(O)c(O)c(O)c1. The van der Waals surface area contributed by atoms with E-state index in [4.69, 9.17) is 52.1 Å². The van der Waals surface area contributed by atoms with E-state index in [0.717, 1.165) is 0 Å². The summed E-state index contributed by atoms with van der Waals surface area (Å²) in [7, 11) is 0. The summed E-state index contributed by atoms with van der Waals surface area (Å²) < 4.78 is 61.2. The molecule has 0 spiro atoms. The Morgan fingerprint density at radius 2 is 0.616 bits per heavy atom. The summed E-state index contributed by atoms with van der Waals surface area (Å²) in [5.74, 6) is -52.5. The predicted molar refractivity (Wildman–Crippen MR) is 344 cm³/mol. The smallest absolute Gasteiger partial charge is 0.342 e. The van der Waals surface area contributed by atoms with Crippen molar-refractivity contribution in [1.29, 1.82) is 0 Å². The lowest BCUT2D eigenvalue weighted by Crippen LogP contribution is -2.62. The third kappa shape index (κ3) is 12.0. The number of fused-ring (bicyclic) bond motifs is 13. The van der Waals surface area contributed by atoms with Gasteiger partial charge in [0.05, 0.1) is 38.9 Å². The van der Waals surface area contributed by atoms with Crippen LogP contribution in [0.15, 0.2) is 54.6 Å². The van der Waals surface area contributed by atoms with E-state index in [1.807, 2.05) is 0 Å². The van der Waals surface area contributed by atoms with Gasteiger partial charge in [0.1, 0.15) is 31.0 Å². The molecule has 0 saturated carbocycles. The molecule has 8 aromatic carbocycles. The van der Waals surface area contributed by atoms with Gasteiger partial charge in [0, 0.05) is 45.5 Å². The van der Waals surface area contributed by atoms with Crippen LogP contribution in [0.3, 0.4) is 0 Å². The fourth-order valence-electron chi connectivity index (χ4n) is 12.6. The Bertz CT molecular complexity index is 5480. The van der Waals surface area contributed by atoms with Crippen LogP contribution >= 0.6 is 0 Å². The highest BCUT2D eigenvalue weighted by atomic mass is 16.7. The minimum absolute atomic E-state index is 0.162. The Hall–Kier alpha value is -15.4. The van der Waals surface area contributed by atoms with Gasteiger partial charge in [-0.1, -0.05) is 0 Å². The van der Waals surface area contributed by atoms with E-state index in [9.17, 15) is 166 Å². The number of aliphatic hydroxyl groups excluding tert-OH is 2. The first-order chi connectivity index (χ1) is 52.7. The van der Waals surface area contributed by atoms with Crippen LogP contribution in [0, 0.1) is 0 Å². The molecule has 0 aliphatic carbocycles. The number of aromatic hydroxyl groups is 23. The number of phenolic OH excluding ortho intramolecular Hbond substituents is 23. The molecule has 584 valence electrons. The summed E-state index contributed by atoms with van der Waals surface area (Å²) in [6, 6.07) is 3.01. The van der Waals surface area contributed by atoms with Gasteiger partial charge in [0.15, 0.2) is 147 Å². The van der Waals surface area contributed by atoms with Gasteiger partial charge < -0.3 is 180 Å². The molecule has 0 aromatic heterocycles. The number of carbonyl (C=O) groups excluding carboxylic acids is 8. The summed E-state index contributed by atoms with van der Waals surface area (Å²) >= 11 is 0. The van der Waals surface area contributed by atoms with Crippen LogP contribution in [-0.2, 0) is 47.4 Å². The van der Waals surface area contributed by atoms with Gasteiger partial charge in [-0.2, -0.15) is 0 Å². The Kier molecular flexibility index (Phi) is 18.1. The van der Waals surface area contributed by atoms with Gasteiger partial charge in [-0.3, -0.25) is 0 Å². The van der Waals surface area contributed by atoms with Crippen molar-refractivity contribution in [3.8, 4) is 177 Å². The van der Waals surface area contributed by atoms with Crippen LogP contribution in [0.25, 0.3) is 33.4 Å². The standard InChI is InChI=1S/C68H48O44/c69-20-1-12(2-21(70)37(20)77)59(92)109-55-53-29(10-102-60(93)13-3-22(71)38(78)45(85)31(13)32-14(62(95)107-53)4-23(72)39(79)46(32)86)105-67(100)57(55)112-66(99)19-8-27(76)43(83)51(91)52(19)104-28-9-18-36(50(90)44(28)84)35-15(5-24(73)42(82)49(35)89)63(96)108-54-30(11-103-61(18)94)106-68(101)58-56(54)110-64(97)16-6-25(74)40(80)47(87)33(16)34-17(65(98)111-58)7-26(75)41(81)48(34)88/h1-9,29-30,53-58,67-91,100-101H,10-11H2/t29-,30-,53-,54-,55+,56+,57-,58-,67?,68?/m1/s1. The van der Waals surface area contributed by atoms with Crippen LogP contribution in [0.5, 0.6) is 144 Å². The highest BCUT2D eigenvalue weighted by molar-refractivity contribution is 6.12. The topological polar surface area (TPSA) is 744 Å². The Morgan fingerprint density at radius 1 is 0.304 bits per heavy atom. The van der Waals surface area contributed by atoms with Crippen LogP contribution < -0.4 is 4.74 Å². The molecule has 5 aliphatic heterocycles. The van der Waals surface area contributed by atoms with Crippen LogP contribution in [0.4, 0.5) is 0 Å². The Morgan fingerprint density at radius 3 is 1.04 bits per heavy atom. The second-order valence-electron chi connectivity index (χ2n) is 24.6. The number of phenols is 23. The number of rotatable bonds is 6. The van der Waals surface area contributed by atoms with Gasteiger partial charge in [0.25, 0.3) is 0 Å². The first-order valence-corrected chi connectivity index (χ1v) is 31.2. The van der Waals surface area contributed by atoms with E-state index in [2.05, 4.69) is 0 Å². The van der Waals surface area contributed by atoms with Crippen molar-refractivity contribution in [2.45, 2.75) is 61.4 Å². The number of carbonyl (C=O) groups is 8. The zero-order chi connectivity index (χ0) is 81.5. The minimum Gasteiger partial charge on any atom is -0.504 e. The Balaban J connectivity index is 0.892. The lowest BCUT2D eigenvalue weighted by molar-refractivity contribution is -0.284. The summed E-state index contributed by atoms with van der Waals surface area (Å²) in [6.07, 6.45) is -26.0. The van der Waals surface area contributed by atoms with Gasteiger partial charge in [0.2, 0.25) is 46.0 Å². The quantitative estimate of drug-likeness (QED) is 0.0640. The van der Waals surface area contributed by atoms with E-state index in [1.165, 1.54) is 0 Å². The zero-order valence-electron chi connectivity index (χ0n) is 54.8. The number of esters is 8. The second kappa shape index (κ2) is 27.1. The average molecular weight is 1570 g/mol. The number of benzene rings is 8. The maximum Gasteiger partial charge on any atom is 0.342 e. The van der Waals surface area contributed by atoms with Crippen molar-refractivity contribution in [2.24, 2.45) is 0 Å². The first kappa shape index (κ1) is 74.8. The molecule has 5 aliphatic rings. The summed E-state index contributed by atoms with van der Waals surface area (Å²) in [4.78, 5) is 116. The van der Waals surface area contributed by atoms with Gasteiger partial charge in [-0.15, -0.1) is 0 Å². The monoisotopic (exact) mass is 1570 g/mol. The molecular formula is C68H48O44. The molecule has 44 nitrogen and oxygen atoms in total. The van der Waals surface area contributed by atoms with Crippen molar-refractivity contribution in [3.63, 3.8) is 0 Å². The highest BCUT2D eigenvalue weighted by Gasteiger charge is 2.57. The summed E-state index contributed by atoms with van der Waals surface area (Å²) in [6.45, 7) is -2.81. The van der Waals surface area contributed by atoms with Gasteiger partial charge in [-0.25, -0.2) is 38.4 Å². The lowest BCUT2D eigenvalue weighted by Gasteiger charge is -2.43. The normalized spacial score (nSPS) is 21.3. The fraction of sp³-hybridized carbons (Fsp3) is 0.176. The second-order valence-corrected chi connectivity index (χ2v) is 24.6. The van der Waals surface area contributed by atoms with Crippen molar-refractivity contribution >= 4 is 47.8 Å². The van der Waals surface area contributed by atoms with Crippen LogP contribution in [-0.4, -0.2) is 250 Å². The fourth-order valence-corrected chi connectivity index (χ4v) is 12.6. The molecule has 8 aromatic rings. The zero-order valence-corrected chi connectivity index (χ0v) is 54.8. The van der Waals surface area contributed by atoms with Crippen molar-refractivity contribution in [3.05, 3.63) is 99.1 Å². The number of hydrogen-bond donors (Lipinski definition) is 25. The molecular weight excluding hydrogens is 1520 g/mol. The van der Waals surface area contributed by atoms with E-state index >= 15 is 0 Å². The molecule has 2 unspecified atom stereocenters. The van der Waals surface area contributed by atoms with E-state index in [-0.39, 0.29) is 18.2 Å². The third-order valence-corrected chi connectivity index (χ3v) is 18.0. The predicted octanol–water partition coefficient (Wildman–Crippen LogP) is 1.75. The molecule has 44 heteroatoms. The largest absolute Gasteiger partial charge is 0.504 e. The van der Waals surface area contributed by atoms with Crippen molar-refractivity contribution in [2.75, 3.05) is 13.2 Å². The van der Waals surface area contributed by atoms with Crippen molar-refractivity contribution < 1.29 is 218 Å². The number of aliphatic hydroxyl groups is 2. The minimum atomic E-state index is -2.87. The molecule has 10 atom stereocenters. The van der Waals surface area contributed by atoms with Crippen molar-refractivity contribution in [1.82, 2.24) is 0 Å². The first-order valence-electron chi connectivity index (χ1n) is 31.2. The number of ether oxygens (including phenoxy) is 11. The maximum absolute atomic E-state index is 15.0. The molecule has 112 heavy (non-hydrogen) atoms. The molecule has 0 radical (unpaired) electrons. The van der Waals surface area contributed by atoms with Crippen LogP contribution in [0.1, 0.15) is 82.9 Å².